The smallest absolute Gasteiger partial charge is 0.194 e. The molecule has 3 rings (SSSR count). The molecule has 0 bridgehead atoms. The third kappa shape index (κ3) is 4.46. The van der Waals surface area contributed by atoms with Crippen molar-refractivity contribution in [2.24, 2.45) is 0 Å². The number of halogens is 3. The summed E-state index contributed by atoms with van der Waals surface area (Å²) in [4.78, 5) is 0. The van der Waals surface area contributed by atoms with Gasteiger partial charge in [-0.2, -0.15) is 0 Å². The van der Waals surface area contributed by atoms with Gasteiger partial charge in [0.15, 0.2) is 17.5 Å². The molecule has 3 heteroatoms. The fourth-order valence-electron chi connectivity index (χ4n) is 3.24. The number of benzene rings is 3. The topological polar surface area (TPSA) is 0 Å². The van der Waals surface area contributed by atoms with Gasteiger partial charge in [-0.3, -0.25) is 0 Å². The van der Waals surface area contributed by atoms with Crippen molar-refractivity contribution >= 4 is 0 Å². The fourth-order valence-corrected chi connectivity index (χ4v) is 3.24. The summed E-state index contributed by atoms with van der Waals surface area (Å²) in [5.74, 6) is 2.98. The van der Waals surface area contributed by atoms with E-state index in [1.807, 2.05) is 18.2 Å². The number of hydrogen-bond donors (Lipinski definition) is 0. The van der Waals surface area contributed by atoms with E-state index in [0.717, 1.165) is 36.1 Å². The maximum absolute atomic E-state index is 13.4. The highest BCUT2D eigenvalue weighted by Crippen LogP contribution is 2.25. The van der Waals surface area contributed by atoms with E-state index in [2.05, 4.69) is 31.8 Å². The van der Waals surface area contributed by atoms with Gasteiger partial charge in [0.05, 0.1) is 0 Å². The summed E-state index contributed by atoms with van der Waals surface area (Å²) >= 11 is 0. The molecule has 0 nitrogen and oxygen atoms in total. The Labute approximate surface area is 164 Å². The molecule has 0 amide bonds. The molecule has 0 radical (unpaired) electrons. The van der Waals surface area contributed by atoms with Crippen molar-refractivity contribution in [1.82, 2.24) is 0 Å². The minimum Gasteiger partial charge on any atom is -0.204 e. The first-order chi connectivity index (χ1) is 13.5. The zero-order valence-corrected chi connectivity index (χ0v) is 15.9. The SMILES string of the molecule is CCCC(C)c1ccccc1C#Cc1ccc(-c2cc(F)c(F)c(F)c2)cc1. The molecule has 0 saturated carbocycles. The van der Waals surface area contributed by atoms with Crippen molar-refractivity contribution < 1.29 is 13.2 Å². The van der Waals surface area contributed by atoms with Crippen LogP contribution in [0.5, 0.6) is 0 Å². The van der Waals surface area contributed by atoms with Crippen LogP contribution in [0.4, 0.5) is 13.2 Å². The summed E-state index contributed by atoms with van der Waals surface area (Å²) < 4.78 is 40.0. The van der Waals surface area contributed by atoms with Crippen LogP contribution in [0.15, 0.2) is 60.7 Å². The van der Waals surface area contributed by atoms with Crippen molar-refractivity contribution in [3.63, 3.8) is 0 Å². The maximum Gasteiger partial charge on any atom is 0.194 e. The molecule has 3 aromatic carbocycles. The van der Waals surface area contributed by atoms with Crippen LogP contribution in [0.1, 0.15) is 49.3 Å². The quantitative estimate of drug-likeness (QED) is 0.336. The van der Waals surface area contributed by atoms with Crippen molar-refractivity contribution in [2.45, 2.75) is 32.6 Å². The van der Waals surface area contributed by atoms with E-state index in [0.29, 0.717) is 11.5 Å². The average molecular weight is 378 g/mol. The summed E-state index contributed by atoms with van der Waals surface area (Å²) in [7, 11) is 0. The van der Waals surface area contributed by atoms with Gasteiger partial charge in [0.25, 0.3) is 0 Å². The Kier molecular flexibility index (Phi) is 6.21. The second-order valence-corrected chi connectivity index (χ2v) is 6.86. The molecular weight excluding hydrogens is 357 g/mol. The zero-order chi connectivity index (χ0) is 20.1. The van der Waals surface area contributed by atoms with Gasteiger partial charge in [0, 0.05) is 11.1 Å². The van der Waals surface area contributed by atoms with E-state index in [4.69, 9.17) is 0 Å². The van der Waals surface area contributed by atoms with Crippen molar-refractivity contribution in [1.29, 1.82) is 0 Å². The van der Waals surface area contributed by atoms with Gasteiger partial charge in [-0.1, -0.05) is 62.4 Å². The third-order valence-electron chi connectivity index (χ3n) is 4.76. The van der Waals surface area contributed by atoms with Crippen molar-refractivity contribution in [3.8, 4) is 23.0 Å². The van der Waals surface area contributed by atoms with Gasteiger partial charge in [-0.25, -0.2) is 13.2 Å². The summed E-state index contributed by atoms with van der Waals surface area (Å²) in [6.45, 7) is 4.38. The fraction of sp³-hybridized carbons (Fsp3) is 0.200. The second kappa shape index (κ2) is 8.80. The van der Waals surface area contributed by atoms with Crippen LogP contribution in [0, 0.1) is 29.3 Å². The Morgan fingerprint density at radius 2 is 1.46 bits per heavy atom. The molecule has 0 N–H and O–H groups in total. The largest absolute Gasteiger partial charge is 0.204 e. The molecule has 142 valence electrons. The van der Waals surface area contributed by atoms with Crippen LogP contribution >= 0.6 is 0 Å². The zero-order valence-electron chi connectivity index (χ0n) is 15.9. The minimum absolute atomic E-state index is 0.287. The van der Waals surface area contributed by atoms with Crippen LogP contribution in [-0.2, 0) is 0 Å². The first-order valence-electron chi connectivity index (χ1n) is 9.35. The van der Waals surface area contributed by atoms with Crippen LogP contribution in [0.25, 0.3) is 11.1 Å². The minimum atomic E-state index is -1.46. The maximum atomic E-state index is 13.4. The van der Waals surface area contributed by atoms with Gasteiger partial charge in [-0.15, -0.1) is 0 Å². The van der Waals surface area contributed by atoms with E-state index in [1.54, 1.807) is 24.3 Å². The normalized spacial score (nSPS) is 11.6. The Morgan fingerprint density at radius 3 is 2.11 bits per heavy atom. The van der Waals surface area contributed by atoms with Crippen molar-refractivity contribution in [3.05, 3.63) is 94.8 Å². The molecule has 0 aliphatic rings. The Balaban J connectivity index is 1.86. The van der Waals surface area contributed by atoms with E-state index >= 15 is 0 Å². The molecule has 3 aromatic rings. The van der Waals surface area contributed by atoms with E-state index in [-0.39, 0.29) is 5.56 Å². The predicted molar refractivity (Wildman–Crippen MR) is 107 cm³/mol. The number of rotatable bonds is 4. The summed E-state index contributed by atoms with van der Waals surface area (Å²) in [6.07, 6.45) is 2.23. The highest BCUT2D eigenvalue weighted by molar-refractivity contribution is 5.65. The van der Waals surface area contributed by atoms with E-state index in [1.165, 1.54) is 5.56 Å². The van der Waals surface area contributed by atoms with Gasteiger partial charge < -0.3 is 0 Å². The lowest BCUT2D eigenvalue weighted by molar-refractivity contribution is 0.448. The molecule has 0 heterocycles. The van der Waals surface area contributed by atoms with Crippen LogP contribution in [0.3, 0.4) is 0 Å². The van der Waals surface area contributed by atoms with Gasteiger partial charge in [0.2, 0.25) is 0 Å². The lowest BCUT2D eigenvalue weighted by Crippen LogP contribution is -1.96. The van der Waals surface area contributed by atoms with Gasteiger partial charge in [-0.05, 0) is 59.4 Å². The highest BCUT2D eigenvalue weighted by Gasteiger charge is 2.11. The highest BCUT2D eigenvalue weighted by atomic mass is 19.2. The Hall–Kier alpha value is -2.99. The number of hydrogen-bond acceptors (Lipinski definition) is 0. The van der Waals surface area contributed by atoms with Crippen LogP contribution in [-0.4, -0.2) is 0 Å². The van der Waals surface area contributed by atoms with Crippen LogP contribution in [0.2, 0.25) is 0 Å². The summed E-state index contributed by atoms with van der Waals surface area (Å²) in [5.41, 5.74) is 3.93. The predicted octanol–water partition coefficient (Wildman–Crippen LogP) is 7.07. The van der Waals surface area contributed by atoms with E-state index in [9.17, 15) is 13.2 Å². The van der Waals surface area contributed by atoms with Gasteiger partial charge >= 0.3 is 0 Å². The molecule has 0 spiro atoms. The molecule has 0 aliphatic heterocycles. The molecule has 0 aliphatic carbocycles. The average Bonchev–Trinajstić information content (AvgIpc) is 2.71. The molecule has 0 fully saturated rings. The Morgan fingerprint density at radius 1 is 0.821 bits per heavy atom. The summed E-state index contributed by atoms with van der Waals surface area (Å²) in [6, 6.07) is 17.2. The van der Waals surface area contributed by atoms with Crippen LogP contribution < -0.4 is 0 Å². The van der Waals surface area contributed by atoms with Gasteiger partial charge in [0.1, 0.15) is 0 Å². The monoisotopic (exact) mass is 378 g/mol. The van der Waals surface area contributed by atoms with E-state index < -0.39 is 17.5 Å². The lowest BCUT2D eigenvalue weighted by atomic mass is 9.92. The second-order valence-electron chi connectivity index (χ2n) is 6.86. The standard InChI is InChI=1S/C25H21F3/c1-3-6-17(2)22-8-5-4-7-20(22)14-11-18-9-12-19(13-10-18)21-15-23(26)25(28)24(27)16-21/h4-5,7-10,12-13,15-17H,3,6H2,1-2H3. The molecule has 0 aromatic heterocycles. The Bertz CT molecular complexity index is 1000. The third-order valence-corrected chi connectivity index (χ3v) is 4.76. The van der Waals surface area contributed by atoms with Crippen molar-refractivity contribution in [2.75, 3.05) is 0 Å². The molecule has 0 saturated heterocycles. The molecular formula is C25H21F3. The molecule has 1 atom stereocenters. The lowest BCUT2D eigenvalue weighted by Gasteiger charge is -2.12. The first kappa shape index (κ1) is 19.8. The summed E-state index contributed by atoms with van der Waals surface area (Å²) in [5, 5.41) is 0. The first-order valence-corrected chi connectivity index (χ1v) is 9.35. The molecule has 1 unspecified atom stereocenters. The molecule has 28 heavy (non-hydrogen) atoms.